The van der Waals surface area contributed by atoms with Gasteiger partial charge in [-0.05, 0) is 24.5 Å². The van der Waals surface area contributed by atoms with Gasteiger partial charge in [0.25, 0.3) is 5.91 Å². The quantitative estimate of drug-likeness (QED) is 0.372. The molecule has 0 radical (unpaired) electrons. The summed E-state index contributed by atoms with van der Waals surface area (Å²) in [5, 5.41) is 11.1. The number of likely N-dealkylation sites (N-methyl/N-ethyl adjacent to an activating group) is 1. The number of oxime groups is 2. The van der Waals surface area contributed by atoms with Gasteiger partial charge in [0, 0.05) is 29.5 Å². The van der Waals surface area contributed by atoms with Crippen molar-refractivity contribution in [2.75, 3.05) is 14.2 Å². The summed E-state index contributed by atoms with van der Waals surface area (Å²) < 4.78 is 0. The zero-order valence-electron chi connectivity index (χ0n) is 19.7. The second-order valence-corrected chi connectivity index (χ2v) is 8.31. The van der Waals surface area contributed by atoms with E-state index in [-0.39, 0.29) is 23.6 Å². The monoisotopic (exact) mass is 455 g/mol. The van der Waals surface area contributed by atoms with Crippen LogP contribution in [0.2, 0.25) is 0 Å². The first-order valence-corrected chi connectivity index (χ1v) is 11.3. The average Bonchev–Trinajstić information content (AvgIpc) is 3.65. The molecule has 0 heterocycles. The van der Waals surface area contributed by atoms with Gasteiger partial charge in [-0.25, -0.2) is 0 Å². The Balaban J connectivity index is 1.59. The first-order valence-electron chi connectivity index (χ1n) is 11.3. The molecule has 6 heteroatoms. The molecule has 1 saturated carbocycles. The molecule has 0 bridgehead atoms. The molecule has 1 amide bonds. The maximum atomic E-state index is 12.3. The Morgan fingerprint density at radius 3 is 2.29 bits per heavy atom. The molecule has 1 aliphatic carbocycles. The number of benzene rings is 3. The Bertz CT molecular complexity index is 1190. The Morgan fingerprint density at radius 2 is 1.62 bits per heavy atom. The first kappa shape index (κ1) is 23.2. The molecule has 0 aliphatic heterocycles. The van der Waals surface area contributed by atoms with Crippen LogP contribution >= 0.6 is 0 Å². The smallest absolute Gasteiger partial charge is 0.273 e. The second kappa shape index (κ2) is 10.3. The molecule has 1 N–H and O–H groups in total. The maximum absolute atomic E-state index is 12.3. The van der Waals surface area contributed by atoms with Crippen molar-refractivity contribution < 1.29 is 14.5 Å². The third-order valence-corrected chi connectivity index (χ3v) is 6.42. The molecule has 6 nitrogen and oxygen atoms in total. The molecule has 0 aromatic heterocycles. The van der Waals surface area contributed by atoms with Gasteiger partial charge in [-0.15, -0.1) is 0 Å². The third kappa shape index (κ3) is 4.57. The molecule has 1 aliphatic rings. The van der Waals surface area contributed by atoms with Gasteiger partial charge in [-0.1, -0.05) is 95.2 Å². The molecule has 1 fully saturated rings. The van der Waals surface area contributed by atoms with Crippen molar-refractivity contribution in [3.8, 4) is 0 Å². The Hall–Kier alpha value is -3.93. The van der Waals surface area contributed by atoms with Crippen LogP contribution in [-0.2, 0) is 26.5 Å². The van der Waals surface area contributed by atoms with E-state index in [0.717, 1.165) is 17.7 Å². The van der Waals surface area contributed by atoms with Crippen LogP contribution in [-0.4, -0.2) is 31.5 Å². The summed E-state index contributed by atoms with van der Waals surface area (Å²) >= 11 is 0. The molecular weight excluding hydrogens is 426 g/mol. The van der Waals surface area contributed by atoms with E-state index in [0.29, 0.717) is 11.5 Å². The lowest BCUT2D eigenvalue weighted by atomic mass is 9.87. The fourth-order valence-electron chi connectivity index (χ4n) is 4.59. The molecule has 0 spiro atoms. The molecule has 3 aromatic rings. The molecule has 3 aromatic carbocycles. The van der Waals surface area contributed by atoms with Gasteiger partial charge in [0.2, 0.25) is 0 Å². The number of carbonyl (C=O) groups is 1. The number of rotatable bonds is 9. The van der Waals surface area contributed by atoms with Crippen LogP contribution in [0.5, 0.6) is 0 Å². The molecule has 174 valence electrons. The zero-order chi connectivity index (χ0) is 24.0. The molecule has 2 unspecified atom stereocenters. The highest BCUT2D eigenvalue weighted by molar-refractivity contribution is 6.45. The third-order valence-electron chi connectivity index (χ3n) is 6.42. The molecule has 0 saturated heterocycles. The van der Waals surface area contributed by atoms with Crippen LogP contribution in [0.15, 0.2) is 95.2 Å². The molecule has 34 heavy (non-hydrogen) atoms. The minimum absolute atomic E-state index is 0.188. The summed E-state index contributed by atoms with van der Waals surface area (Å²) in [6.45, 7) is 2.23. The van der Waals surface area contributed by atoms with Gasteiger partial charge < -0.3 is 15.0 Å². The molecule has 2 atom stereocenters. The largest absolute Gasteiger partial charge is 0.398 e. The Labute approximate surface area is 200 Å². The van der Waals surface area contributed by atoms with Crippen LogP contribution in [0.4, 0.5) is 0 Å². The van der Waals surface area contributed by atoms with Crippen molar-refractivity contribution in [2.45, 2.75) is 31.3 Å². The van der Waals surface area contributed by atoms with Crippen LogP contribution < -0.4 is 5.32 Å². The van der Waals surface area contributed by atoms with Crippen molar-refractivity contribution in [2.24, 2.45) is 10.3 Å². The number of nitrogens with zero attached hydrogens (tertiary/aromatic N) is 2. The maximum Gasteiger partial charge on any atom is 0.273 e. The minimum atomic E-state index is -0.333. The van der Waals surface area contributed by atoms with E-state index in [1.165, 1.54) is 18.2 Å². The van der Waals surface area contributed by atoms with Gasteiger partial charge in [0.15, 0.2) is 5.71 Å². The fourth-order valence-corrected chi connectivity index (χ4v) is 4.59. The summed E-state index contributed by atoms with van der Waals surface area (Å²) in [5.41, 5.74) is 4.91. The van der Waals surface area contributed by atoms with Crippen molar-refractivity contribution in [1.82, 2.24) is 5.32 Å². The van der Waals surface area contributed by atoms with Crippen LogP contribution in [0.25, 0.3) is 0 Å². The van der Waals surface area contributed by atoms with E-state index < -0.39 is 0 Å². The number of nitrogens with one attached hydrogen (secondary N) is 1. The summed E-state index contributed by atoms with van der Waals surface area (Å²) in [7, 11) is 2.97. The Kier molecular flexibility index (Phi) is 7.07. The highest BCUT2D eigenvalue weighted by Gasteiger charge is 2.58. The predicted molar refractivity (Wildman–Crippen MR) is 134 cm³/mol. The second-order valence-electron chi connectivity index (χ2n) is 8.31. The lowest BCUT2D eigenvalue weighted by Crippen LogP contribution is -2.29. The average molecular weight is 456 g/mol. The minimum Gasteiger partial charge on any atom is -0.398 e. The van der Waals surface area contributed by atoms with Gasteiger partial charge in [0.1, 0.15) is 13.7 Å². The SMILES string of the molecule is CNC(=O)/C(=N/OC)c1ccccc1CON=C(C)C1(c2ccccc2)CC1c1ccccc1. The van der Waals surface area contributed by atoms with E-state index in [1.54, 1.807) is 7.05 Å². The van der Waals surface area contributed by atoms with Crippen LogP contribution in [0.1, 0.15) is 41.5 Å². The summed E-state index contributed by atoms with van der Waals surface area (Å²) in [6.07, 6.45) is 0.984. The van der Waals surface area contributed by atoms with E-state index in [1.807, 2.05) is 43.3 Å². The summed E-state index contributed by atoms with van der Waals surface area (Å²) in [6, 6.07) is 28.5. The van der Waals surface area contributed by atoms with Crippen molar-refractivity contribution in [3.05, 3.63) is 107 Å². The lowest BCUT2D eigenvalue weighted by molar-refractivity contribution is -0.114. The van der Waals surface area contributed by atoms with E-state index >= 15 is 0 Å². The van der Waals surface area contributed by atoms with Crippen molar-refractivity contribution >= 4 is 17.3 Å². The number of hydrogen-bond donors (Lipinski definition) is 1. The highest BCUT2D eigenvalue weighted by atomic mass is 16.6. The highest BCUT2D eigenvalue weighted by Crippen LogP contribution is 2.61. The Morgan fingerprint density at radius 1 is 0.971 bits per heavy atom. The number of hydrogen-bond acceptors (Lipinski definition) is 5. The van der Waals surface area contributed by atoms with E-state index in [9.17, 15) is 4.79 Å². The summed E-state index contributed by atoms with van der Waals surface area (Å²) in [4.78, 5) is 23.1. The molecule has 4 rings (SSSR count). The zero-order valence-corrected chi connectivity index (χ0v) is 19.7. The topological polar surface area (TPSA) is 72.3 Å². The normalized spacial score (nSPS) is 19.9. The lowest BCUT2D eigenvalue weighted by Gasteiger charge is -2.18. The van der Waals surface area contributed by atoms with Gasteiger partial charge in [-0.3, -0.25) is 4.79 Å². The van der Waals surface area contributed by atoms with Gasteiger partial charge in [0.05, 0.1) is 5.71 Å². The first-order chi connectivity index (χ1) is 16.6. The van der Waals surface area contributed by atoms with Gasteiger partial charge >= 0.3 is 0 Å². The fraction of sp³-hybridized carbons (Fsp3) is 0.250. The summed E-state index contributed by atoms with van der Waals surface area (Å²) in [5.74, 6) is 0.0186. The number of amides is 1. The van der Waals surface area contributed by atoms with E-state index in [2.05, 4.69) is 64.2 Å². The van der Waals surface area contributed by atoms with Crippen LogP contribution in [0, 0.1) is 0 Å². The van der Waals surface area contributed by atoms with Crippen molar-refractivity contribution in [3.63, 3.8) is 0 Å². The molecular formula is C28H29N3O3. The standard InChI is InChI=1S/C28H29N3O3/c1-20(28(23-15-8-5-9-16-23)18-25(28)21-12-6-4-7-13-21)30-34-19-22-14-10-11-17-24(22)26(31-33-3)27(32)29-2/h4-17,25H,18-19H2,1-3H3,(H,29,32)/b30-20?,31-26+. The van der Waals surface area contributed by atoms with Crippen LogP contribution in [0.3, 0.4) is 0 Å². The van der Waals surface area contributed by atoms with Crippen molar-refractivity contribution in [1.29, 1.82) is 0 Å². The van der Waals surface area contributed by atoms with E-state index in [4.69, 9.17) is 9.68 Å². The predicted octanol–water partition coefficient (Wildman–Crippen LogP) is 4.80. The van der Waals surface area contributed by atoms with Gasteiger partial charge in [-0.2, -0.15) is 0 Å². The number of carbonyl (C=O) groups excluding carboxylic acids is 1.